The SMILES string of the molecule is CC(C)[Si](C#Cc1c(F)ccc2cc(O)cc(-c3ncc4c(N5CCCOCC5)nc(OC[C@@]56CCCN5C[C@H](F)C6)nc4c3F)c12)(C(C)C)C(C)C. The average molecular weight is 746 g/mol. The minimum atomic E-state index is -2.27. The van der Waals surface area contributed by atoms with Gasteiger partial charge in [0.1, 0.15) is 49.4 Å². The third kappa shape index (κ3) is 6.74. The van der Waals surface area contributed by atoms with Gasteiger partial charge in [-0.3, -0.25) is 9.88 Å². The van der Waals surface area contributed by atoms with Crippen molar-refractivity contribution < 1.29 is 27.8 Å². The number of ether oxygens (including phenoxy) is 2. The fourth-order valence-corrected chi connectivity index (χ4v) is 14.7. The van der Waals surface area contributed by atoms with Gasteiger partial charge < -0.3 is 19.5 Å². The highest BCUT2D eigenvalue weighted by molar-refractivity contribution is 6.90. The molecule has 3 fully saturated rings. The van der Waals surface area contributed by atoms with Gasteiger partial charge in [0, 0.05) is 49.8 Å². The van der Waals surface area contributed by atoms with E-state index in [1.165, 1.54) is 24.4 Å². The second-order valence-corrected chi connectivity index (χ2v) is 21.6. The van der Waals surface area contributed by atoms with Crippen LogP contribution in [0.3, 0.4) is 0 Å². The molecule has 5 heterocycles. The second-order valence-electron chi connectivity index (χ2n) is 16.0. The van der Waals surface area contributed by atoms with Crippen molar-refractivity contribution in [1.29, 1.82) is 0 Å². The predicted molar refractivity (Wildman–Crippen MR) is 206 cm³/mol. The summed E-state index contributed by atoms with van der Waals surface area (Å²) in [6, 6.07) is 5.85. The topological polar surface area (TPSA) is 83.8 Å². The number of nitrogens with zero attached hydrogens (tertiary/aromatic N) is 5. The summed E-state index contributed by atoms with van der Waals surface area (Å²) in [4.78, 5) is 18.2. The Balaban J connectivity index is 1.40. The molecule has 3 aliphatic heterocycles. The molecule has 0 bridgehead atoms. The van der Waals surface area contributed by atoms with Crippen molar-refractivity contribution in [2.45, 2.75) is 95.6 Å². The molecule has 0 radical (unpaired) electrons. The summed E-state index contributed by atoms with van der Waals surface area (Å²) in [6.45, 7) is 16.8. The van der Waals surface area contributed by atoms with Crippen LogP contribution >= 0.6 is 0 Å². The molecular formula is C41H50F3N5O3Si. The molecule has 12 heteroatoms. The Bertz CT molecular complexity index is 2060. The van der Waals surface area contributed by atoms with Crippen molar-refractivity contribution in [2.24, 2.45) is 0 Å². The molecule has 53 heavy (non-hydrogen) atoms. The summed E-state index contributed by atoms with van der Waals surface area (Å²) in [5.41, 5.74) is 4.39. The summed E-state index contributed by atoms with van der Waals surface area (Å²) < 4.78 is 59.8. The van der Waals surface area contributed by atoms with Crippen molar-refractivity contribution in [3.63, 3.8) is 0 Å². The number of rotatable bonds is 8. The first-order valence-electron chi connectivity index (χ1n) is 19.0. The maximum absolute atomic E-state index is 17.2. The molecule has 282 valence electrons. The lowest BCUT2D eigenvalue weighted by molar-refractivity contribution is 0.107. The summed E-state index contributed by atoms with van der Waals surface area (Å²) in [7, 11) is -2.27. The lowest BCUT2D eigenvalue weighted by Crippen LogP contribution is -2.43. The number of halogens is 3. The van der Waals surface area contributed by atoms with Gasteiger partial charge in [-0.25, -0.2) is 13.2 Å². The number of benzene rings is 2. The molecule has 4 aromatic rings. The van der Waals surface area contributed by atoms with E-state index >= 15 is 8.78 Å². The Hall–Kier alpha value is -3.92. The zero-order valence-electron chi connectivity index (χ0n) is 31.6. The Morgan fingerprint density at radius 3 is 2.55 bits per heavy atom. The van der Waals surface area contributed by atoms with E-state index in [1.807, 2.05) is 4.90 Å². The zero-order chi connectivity index (χ0) is 37.7. The molecule has 7 rings (SSSR count). The normalized spacial score (nSPS) is 21.1. The van der Waals surface area contributed by atoms with Crippen LogP contribution in [0.15, 0.2) is 30.5 Å². The average Bonchev–Trinajstić information content (AvgIpc) is 3.49. The predicted octanol–water partition coefficient (Wildman–Crippen LogP) is 8.58. The summed E-state index contributed by atoms with van der Waals surface area (Å²) in [5.74, 6) is 2.35. The van der Waals surface area contributed by atoms with Gasteiger partial charge in [-0.15, -0.1) is 5.54 Å². The van der Waals surface area contributed by atoms with Crippen molar-refractivity contribution in [3.8, 4) is 34.5 Å². The Morgan fingerprint density at radius 2 is 1.79 bits per heavy atom. The number of phenolic OH excluding ortho intramolecular Hbond substituents is 1. The quantitative estimate of drug-likeness (QED) is 0.142. The lowest BCUT2D eigenvalue weighted by Gasteiger charge is -2.38. The fraction of sp³-hybridized carbons (Fsp3) is 0.537. The molecule has 1 N–H and O–H groups in total. The molecule has 0 amide bonds. The molecule has 8 nitrogen and oxygen atoms in total. The summed E-state index contributed by atoms with van der Waals surface area (Å²) in [5, 5.41) is 12.2. The second kappa shape index (κ2) is 14.7. The van der Waals surface area contributed by atoms with Crippen molar-refractivity contribution >= 4 is 35.6 Å². The van der Waals surface area contributed by atoms with Crippen LogP contribution in [0, 0.1) is 23.1 Å². The molecule has 0 spiro atoms. The van der Waals surface area contributed by atoms with Crippen LogP contribution in [-0.4, -0.2) is 90.7 Å². The largest absolute Gasteiger partial charge is 0.508 e. The van der Waals surface area contributed by atoms with Crippen LogP contribution < -0.4 is 9.64 Å². The molecule has 2 aromatic heterocycles. The number of alkyl halides is 1. The molecule has 0 saturated carbocycles. The first-order valence-corrected chi connectivity index (χ1v) is 21.3. The van der Waals surface area contributed by atoms with Gasteiger partial charge in [-0.1, -0.05) is 53.5 Å². The van der Waals surface area contributed by atoms with E-state index < -0.39 is 31.4 Å². The number of phenols is 1. The first-order chi connectivity index (χ1) is 25.3. The minimum Gasteiger partial charge on any atom is -0.508 e. The smallest absolute Gasteiger partial charge is 0.319 e. The van der Waals surface area contributed by atoms with Crippen LogP contribution in [0.25, 0.3) is 32.9 Å². The molecule has 0 aliphatic carbocycles. The Morgan fingerprint density at radius 1 is 1.02 bits per heavy atom. The molecule has 3 saturated heterocycles. The highest BCUT2D eigenvalue weighted by atomic mass is 28.3. The number of aromatic nitrogens is 3. The third-order valence-electron chi connectivity index (χ3n) is 12.0. The first kappa shape index (κ1) is 37.4. The fourth-order valence-electron chi connectivity index (χ4n) is 9.46. The Labute approximate surface area is 311 Å². The van der Waals surface area contributed by atoms with Crippen LogP contribution in [-0.2, 0) is 4.74 Å². The van der Waals surface area contributed by atoms with Crippen molar-refractivity contribution in [2.75, 3.05) is 50.9 Å². The van der Waals surface area contributed by atoms with Gasteiger partial charge in [0.15, 0.2) is 5.82 Å². The highest BCUT2D eigenvalue weighted by Crippen LogP contribution is 2.43. The van der Waals surface area contributed by atoms with Gasteiger partial charge in [-0.2, -0.15) is 9.97 Å². The number of hydrogen-bond acceptors (Lipinski definition) is 8. The standard InChI is InChI=1S/C41H50F3N5O3Si/c1-25(2)53(26(3)4,27(5)6)18-11-31-34(43)10-9-28-19-30(50)20-32(35(28)31)37-36(44)38-33(22-45-37)39(48-13-8-16-51-17-15-48)47-40(46-38)52-24-41-12-7-14-49(41)23-29(42)21-41/h9-10,19-20,22,25-27,29,50H,7-8,12-17,21,23-24H2,1-6H3/t29-,41+/m1/s1. The number of aromatic hydroxyl groups is 1. The molecule has 3 aliphatic rings. The van der Waals surface area contributed by atoms with Crippen LogP contribution in [0.2, 0.25) is 16.6 Å². The van der Waals surface area contributed by atoms with Crippen LogP contribution in [0.4, 0.5) is 19.0 Å². The highest BCUT2D eigenvalue weighted by Gasteiger charge is 2.49. The van der Waals surface area contributed by atoms with Gasteiger partial charge in [-0.05, 0) is 66.0 Å². The van der Waals surface area contributed by atoms with Gasteiger partial charge >= 0.3 is 6.01 Å². The van der Waals surface area contributed by atoms with Crippen molar-refractivity contribution in [1.82, 2.24) is 19.9 Å². The van der Waals surface area contributed by atoms with E-state index in [1.54, 1.807) is 6.07 Å². The Kier molecular flexibility index (Phi) is 10.4. The number of fused-ring (bicyclic) bond motifs is 3. The van der Waals surface area contributed by atoms with E-state index in [4.69, 9.17) is 14.5 Å². The maximum Gasteiger partial charge on any atom is 0.319 e. The number of hydrogen-bond donors (Lipinski definition) is 1. The summed E-state index contributed by atoms with van der Waals surface area (Å²) >= 11 is 0. The van der Waals surface area contributed by atoms with E-state index in [9.17, 15) is 9.50 Å². The van der Waals surface area contributed by atoms with E-state index in [0.29, 0.717) is 77.9 Å². The third-order valence-corrected chi connectivity index (χ3v) is 18.3. The minimum absolute atomic E-state index is 0.00651. The summed E-state index contributed by atoms with van der Waals surface area (Å²) in [6.07, 6.45) is 3.51. The van der Waals surface area contributed by atoms with Gasteiger partial charge in [0.25, 0.3) is 0 Å². The molecule has 2 atom stereocenters. The van der Waals surface area contributed by atoms with Gasteiger partial charge in [0.2, 0.25) is 0 Å². The van der Waals surface area contributed by atoms with E-state index in [2.05, 4.69) is 67.9 Å². The van der Waals surface area contributed by atoms with E-state index in [0.717, 1.165) is 25.8 Å². The van der Waals surface area contributed by atoms with Crippen molar-refractivity contribution in [3.05, 3.63) is 47.7 Å². The van der Waals surface area contributed by atoms with Crippen LogP contribution in [0.1, 0.15) is 72.8 Å². The van der Waals surface area contributed by atoms with Gasteiger partial charge in [0.05, 0.1) is 23.1 Å². The molecular weight excluding hydrogens is 696 g/mol. The molecule has 0 unspecified atom stereocenters. The molecule has 2 aromatic carbocycles. The maximum atomic E-state index is 17.2. The zero-order valence-corrected chi connectivity index (χ0v) is 32.6. The monoisotopic (exact) mass is 745 g/mol. The number of pyridine rings is 1. The number of anilines is 1. The lowest BCUT2D eigenvalue weighted by atomic mass is 9.95. The van der Waals surface area contributed by atoms with Crippen LogP contribution in [0.5, 0.6) is 11.8 Å². The van der Waals surface area contributed by atoms with E-state index in [-0.39, 0.29) is 40.7 Å².